The van der Waals surface area contributed by atoms with Crippen LogP contribution < -0.4 is 14.8 Å². The van der Waals surface area contributed by atoms with E-state index in [-0.39, 0.29) is 18.2 Å². The number of fused-ring (bicyclic) bond motifs is 1. The minimum Gasteiger partial charge on any atom is -0.493 e. The third kappa shape index (κ3) is 5.37. The number of hydrogen-bond acceptors (Lipinski definition) is 4. The van der Waals surface area contributed by atoms with Gasteiger partial charge in [0.05, 0.1) is 26.2 Å². The minimum absolute atomic E-state index is 0.0524. The smallest absolute Gasteiger partial charge is 0.255 e. The average molecular weight is 425 g/mol. The van der Waals surface area contributed by atoms with E-state index in [0.717, 1.165) is 17.5 Å². The van der Waals surface area contributed by atoms with Gasteiger partial charge in [-0.1, -0.05) is 38.1 Å². The molecule has 0 unspecified atom stereocenters. The van der Waals surface area contributed by atoms with E-state index in [4.69, 9.17) is 9.47 Å². The minimum atomic E-state index is -0.400. The Kier molecular flexibility index (Phi) is 7.55. The number of methoxy groups -OCH3 is 1. The van der Waals surface area contributed by atoms with Gasteiger partial charge < -0.3 is 19.7 Å². The van der Waals surface area contributed by atoms with Crippen LogP contribution in [0.4, 0.5) is 0 Å². The predicted octanol–water partition coefficient (Wildman–Crippen LogP) is 4.34. The van der Waals surface area contributed by atoms with Gasteiger partial charge in [0, 0.05) is 18.7 Å². The fourth-order valence-corrected chi connectivity index (χ4v) is 3.85. The van der Waals surface area contributed by atoms with Gasteiger partial charge in [0.1, 0.15) is 0 Å². The summed E-state index contributed by atoms with van der Waals surface area (Å²) in [6, 6.07) is 12.8. The molecule has 6 nitrogen and oxygen atoms in total. The summed E-state index contributed by atoms with van der Waals surface area (Å²) in [7, 11) is 1.59. The number of carbonyl (C=O) groups excluding carboxylic acids is 2. The molecular formula is C25H32N2O4. The maximum atomic E-state index is 13.2. The second-order valence-corrected chi connectivity index (χ2v) is 8.19. The van der Waals surface area contributed by atoms with Crippen molar-refractivity contribution in [2.45, 2.75) is 46.2 Å². The molecule has 2 aromatic rings. The van der Waals surface area contributed by atoms with Crippen LogP contribution in [-0.4, -0.2) is 37.0 Å². The zero-order valence-corrected chi connectivity index (χ0v) is 18.8. The van der Waals surface area contributed by atoms with Gasteiger partial charge in [0.2, 0.25) is 5.91 Å². The molecular weight excluding hydrogens is 392 g/mol. The van der Waals surface area contributed by atoms with Gasteiger partial charge in [-0.2, -0.15) is 0 Å². The molecule has 6 heteroatoms. The molecule has 0 fully saturated rings. The van der Waals surface area contributed by atoms with Gasteiger partial charge in [-0.25, -0.2) is 0 Å². The molecule has 1 aliphatic heterocycles. The number of ether oxygens (including phenoxy) is 2. The monoisotopic (exact) mass is 424 g/mol. The fraction of sp³-hybridized carbons (Fsp3) is 0.440. The Bertz CT molecular complexity index is 925. The van der Waals surface area contributed by atoms with E-state index in [2.05, 4.69) is 19.2 Å². The van der Waals surface area contributed by atoms with Crippen molar-refractivity contribution in [2.24, 2.45) is 5.92 Å². The van der Waals surface area contributed by atoms with E-state index in [0.29, 0.717) is 42.7 Å². The number of carbonyl (C=O) groups is 2. The number of rotatable bonds is 10. The van der Waals surface area contributed by atoms with Crippen LogP contribution in [0.5, 0.6) is 11.5 Å². The maximum absolute atomic E-state index is 13.2. The average Bonchev–Trinajstić information content (AvgIpc) is 3.09. The van der Waals surface area contributed by atoms with Crippen molar-refractivity contribution >= 4 is 11.8 Å². The second-order valence-electron chi connectivity index (χ2n) is 8.19. The summed E-state index contributed by atoms with van der Waals surface area (Å²) in [6.07, 6.45) is 1.11. The van der Waals surface area contributed by atoms with Crippen LogP contribution in [0.1, 0.15) is 61.1 Å². The molecule has 0 radical (unpaired) electrons. The summed E-state index contributed by atoms with van der Waals surface area (Å²) >= 11 is 0. The van der Waals surface area contributed by atoms with E-state index in [1.54, 1.807) is 12.0 Å². The van der Waals surface area contributed by atoms with Crippen LogP contribution in [0.2, 0.25) is 0 Å². The Labute approximate surface area is 184 Å². The normalized spacial score (nSPS) is 13.8. The molecule has 31 heavy (non-hydrogen) atoms. The lowest BCUT2D eigenvalue weighted by molar-refractivity contribution is -0.122. The summed E-state index contributed by atoms with van der Waals surface area (Å²) < 4.78 is 11.1. The molecule has 0 spiro atoms. The molecule has 1 N–H and O–H groups in total. The number of nitrogens with zero attached hydrogens (tertiary/aromatic N) is 1. The molecule has 2 amide bonds. The van der Waals surface area contributed by atoms with Crippen molar-refractivity contribution < 1.29 is 19.1 Å². The van der Waals surface area contributed by atoms with E-state index in [1.165, 1.54) is 0 Å². The fourth-order valence-electron chi connectivity index (χ4n) is 3.85. The van der Waals surface area contributed by atoms with Gasteiger partial charge in [-0.15, -0.1) is 0 Å². The van der Waals surface area contributed by atoms with Crippen molar-refractivity contribution in [3.8, 4) is 11.5 Å². The van der Waals surface area contributed by atoms with Crippen molar-refractivity contribution in [1.29, 1.82) is 0 Å². The molecule has 3 rings (SSSR count). The van der Waals surface area contributed by atoms with Crippen LogP contribution in [0.3, 0.4) is 0 Å². The summed E-state index contributed by atoms with van der Waals surface area (Å²) in [4.78, 5) is 27.7. The Morgan fingerprint density at radius 2 is 1.94 bits per heavy atom. The number of hydrogen-bond donors (Lipinski definition) is 1. The number of amides is 2. The SMILES string of the molecule is CCOc1ccc([C@H](CC(=O)NCCC(C)C)N2Cc3ccccc3C2=O)cc1OC. The van der Waals surface area contributed by atoms with E-state index >= 15 is 0 Å². The van der Waals surface area contributed by atoms with Gasteiger partial charge in [-0.05, 0) is 48.6 Å². The number of benzene rings is 2. The van der Waals surface area contributed by atoms with Crippen molar-refractivity contribution in [2.75, 3.05) is 20.3 Å². The predicted molar refractivity (Wildman–Crippen MR) is 120 cm³/mol. The van der Waals surface area contributed by atoms with Crippen LogP contribution in [0, 0.1) is 5.92 Å². The van der Waals surface area contributed by atoms with Gasteiger partial charge in [-0.3, -0.25) is 9.59 Å². The highest BCUT2D eigenvalue weighted by molar-refractivity contribution is 5.98. The Balaban J connectivity index is 1.88. The zero-order chi connectivity index (χ0) is 22.4. The first-order valence-electron chi connectivity index (χ1n) is 10.9. The zero-order valence-electron chi connectivity index (χ0n) is 18.8. The molecule has 1 heterocycles. The molecule has 0 saturated carbocycles. The first kappa shape index (κ1) is 22.7. The highest BCUT2D eigenvalue weighted by Gasteiger charge is 2.34. The highest BCUT2D eigenvalue weighted by Crippen LogP contribution is 2.37. The van der Waals surface area contributed by atoms with Crippen LogP contribution in [0.25, 0.3) is 0 Å². The van der Waals surface area contributed by atoms with Gasteiger partial charge >= 0.3 is 0 Å². The first-order valence-corrected chi connectivity index (χ1v) is 10.9. The first-order chi connectivity index (χ1) is 14.9. The van der Waals surface area contributed by atoms with Crippen LogP contribution >= 0.6 is 0 Å². The molecule has 0 aliphatic carbocycles. The van der Waals surface area contributed by atoms with Gasteiger partial charge in [0.15, 0.2) is 11.5 Å². The van der Waals surface area contributed by atoms with E-state index in [9.17, 15) is 9.59 Å². The lowest BCUT2D eigenvalue weighted by atomic mass is 10.0. The van der Waals surface area contributed by atoms with E-state index in [1.807, 2.05) is 49.4 Å². The quantitative estimate of drug-likeness (QED) is 0.616. The van der Waals surface area contributed by atoms with Crippen molar-refractivity contribution in [3.63, 3.8) is 0 Å². The maximum Gasteiger partial charge on any atom is 0.255 e. The third-order valence-corrected chi connectivity index (χ3v) is 5.52. The second kappa shape index (κ2) is 10.3. The molecule has 0 aromatic heterocycles. The standard InChI is InChI=1S/C25H32N2O4/c1-5-31-22-11-10-18(14-23(22)30-4)21(15-24(28)26-13-12-17(2)3)27-16-19-8-6-7-9-20(19)25(27)29/h6-11,14,17,21H,5,12-13,15-16H2,1-4H3,(H,26,28)/t21-/m0/s1. The topological polar surface area (TPSA) is 67.9 Å². The third-order valence-electron chi connectivity index (χ3n) is 5.52. The van der Waals surface area contributed by atoms with Crippen molar-refractivity contribution in [1.82, 2.24) is 10.2 Å². The largest absolute Gasteiger partial charge is 0.493 e. The Morgan fingerprint density at radius 3 is 2.61 bits per heavy atom. The summed E-state index contributed by atoms with van der Waals surface area (Å²) in [6.45, 7) is 7.80. The van der Waals surface area contributed by atoms with E-state index < -0.39 is 6.04 Å². The Morgan fingerprint density at radius 1 is 1.16 bits per heavy atom. The summed E-state index contributed by atoms with van der Waals surface area (Å²) in [5.74, 6) is 1.63. The molecule has 1 atom stereocenters. The molecule has 0 bridgehead atoms. The van der Waals surface area contributed by atoms with Crippen LogP contribution in [0.15, 0.2) is 42.5 Å². The molecule has 2 aromatic carbocycles. The Hall–Kier alpha value is -3.02. The van der Waals surface area contributed by atoms with Gasteiger partial charge in [0.25, 0.3) is 5.91 Å². The summed E-state index contributed by atoms with van der Waals surface area (Å²) in [5, 5.41) is 3.00. The molecule has 0 saturated heterocycles. The lowest BCUT2D eigenvalue weighted by Crippen LogP contribution is -2.34. The molecule has 166 valence electrons. The highest BCUT2D eigenvalue weighted by atomic mass is 16.5. The van der Waals surface area contributed by atoms with Crippen LogP contribution in [-0.2, 0) is 11.3 Å². The number of nitrogens with one attached hydrogen (secondary N) is 1. The lowest BCUT2D eigenvalue weighted by Gasteiger charge is -2.28. The molecule has 1 aliphatic rings. The van der Waals surface area contributed by atoms with Crippen molar-refractivity contribution in [3.05, 3.63) is 59.2 Å². The summed E-state index contributed by atoms with van der Waals surface area (Å²) in [5.41, 5.74) is 2.53.